The average Bonchev–Trinajstić information content (AvgIpc) is 3.32. The number of aromatic nitrogens is 4. The summed E-state index contributed by atoms with van der Waals surface area (Å²) in [6.45, 7) is 2.12. The maximum atomic E-state index is 14.1. The molecule has 0 N–H and O–H groups in total. The molecule has 3 aromatic heterocycles. The number of imide groups is 1. The monoisotopic (exact) mass is 639 g/mol. The minimum Gasteiger partial charge on any atom is -0.348 e. The zero-order chi connectivity index (χ0) is 31.2. The molecule has 1 fully saturated rings. The predicted molar refractivity (Wildman–Crippen MR) is 170 cm³/mol. The zero-order valence-corrected chi connectivity index (χ0v) is 25.8. The van der Waals surface area contributed by atoms with E-state index in [2.05, 4.69) is 15.0 Å². The first-order valence-corrected chi connectivity index (χ1v) is 15.8. The first-order valence-electron chi connectivity index (χ1n) is 14.2. The summed E-state index contributed by atoms with van der Waals surface area (Å²) in [6, 6.07) is 17.2. The molecule has 2 amide bonds. The van der Waals surface area contributed by atoms with Crippen LogP contribution in [0.3, 0.4) is 0 Å². The van der Waals surface area contributed by atoms with Gasteiger partial charge in [-0.2, -0.15) is 0 Å². The molecule has 0 bridgehead atoms. The Labute approximate surface area is 267 Å². The molecule has 5 heterocycles. The summed E-state index contributed by atoms with van der Waals surface area (Å²) in [5.74, 6) is -0.743. The molecule has 7 rings (SSSR count). The molecule has 0 spiro atoms. The second kappa shape index (κ2) is 11.8. The third-order valence-electron chi connectivity index (χ3n) is 8.00. The SMILES string of the molecule is CSc1ncc2cc(-c3ccc(-c4ncccc4C)cc3Cl)c(=O)n(CC3OCC(N4C(=O)c5ccccc5C4=O)CO3)c2n1. The van der Waals surface area contributed by atoms with E-state index in [1.165, 1.54) is 21.2 Å². The van der Waals surface area contributed by atoms with Gasteiger partial charge in [-0.1, -0.05) is 53.7 Å². The Hall–Kier alpha value is -4.42. The molecule has 10 nitrogen and oxygen atoms in total. The standard InChI is InChI=1S/C33H26ClN5O5S/c1-18-6-5-11-35-28(18)19-9-10-22(26(34)13-19)25-12-20-14-36-33(45-2)37-29(20)38(30(25)40)15-27-43-16-21(17-44-27)39-31(41)23-7-3-4-8-24(23)32(39)42/h3-14,21,27H,15-17H2,1-2H3. The van der Waals surface area contributed by atoms with Crippen LogP contribution in [0, 0.1) is 6.92 Å². The van der Waals surface area contributed by atoms with Crippen molar-refractivity contribution in [3.05, 3.63) is 105 Å². The summed E-state index contributed by atoms with van der Waals surface area (Å²) in [4.78, 5) is 54.8. The molecule has 0 unspecified atom stereocenters. The summed E-state index contributed by atoms with van der Waals surface area (Å²) < 4.78 is 13.5. The molecular formula is C33H26ClN5O5S. The van der Waals surface area contributed by atoms with Crippen LogP contribution in [-0.4, -0.2) is 68.0 Å². The van der Waals surface area contributed by atoms with Crippen molar-refractivity contribution in [3.8, 4) is 22.4 Å². The van der Waals surface area contributed by atoms with Crippen molar-refractivity contribution in [2.75, 3.05) is 19.5 Å². The van der Waals surface area contributed by atoms with Crippen molar-refractivity contribution in [2.24, 2.45) is 0 Å². The van der Waals surface area contributed by atoms with Gasteiger partial charge in [0.25, 0.3) is 17.4 Å². The Kier molecular flexibility index (Phi) is 7.70. The van der Waals surface area contributed by atoms with Gasteiger partial charge in [0, 0.05) is 39.5 Å². The van der Waals surface area contributed by atoms with Crippen LogP contribution in [0.1, 0.15) is 26.3 Å². The molecular weight excluding hydrogens is 614 g/mol. The molecule has 226 valence electrons. The van der Waals surface area contributed by atoms with Crippen LogP contribution in [0.15, 0.2) is 83.0 Å². The van der Waals surface area contributed by atoms with Gasteiger partial charge in [-0.15, -0.1) is 0 Å². The molecule has 2 aliphatic heterocycles. The lowest BCUT2D eigenvalue weighted by molar-refractivity contribution is -0.202. The van der Waals surface area contributed by atoms with E-state index in [-0.39, 0.29) is 37.1 Å². The number of hydrogen-bond donors (Lipinski definition) is 0. The van der Waals surface area contributed by atoms with Crippen LogP contribution >= 0.6 is 23.4 Å². The van der Waals surface area contributed by atoms with Crippen molar-refractivity contribution in [1.29, 1.82) is 0 Å². The molecule has 0 aliphatic carbocycles. The van der Waals surface area contributed by atoms with Crippen LogP contribution in [-0.2, 0) is 16.0 Å². The third kappa shape index (κ3) is 5.21. The Morgan fingerprint density at radius 2 is 1.64 bits per heavy atom. The molecule has 1 saturated heterocycles. The van der Waals surface area contributed by atoms with Gasteiger partial charge in [-0.25, -0.2) is 9.97 Å². The maximum Gasteiger partial charge on any atom is 0.261 e. The van der Waals surface area contributed by atoms with Crippen LogP contribution in [0.4, 0.5) is 0 Å². The van der Waals surface area contributed by atoms with E-state index in [4.69, 9.17) is 21.1 Å². The summed E-state index contributed by atoms with van der Waals surface area (Å²) in [5.41, 5.74) is 4.42. The first kappa shape index (κ1) is 29.3. The topological polar surface area (TPSA) is 117 Å². The van der Waals surface area contributed by atoms with Crippen molar-refractivity contribution in [3.63, 3.8) is 0 Å². The highest BCUT2D eigenvalue weighted by Gasteiger charge is 2.42. The second-order valence-corrected chi connectivity index (χ2v) is 11.9. The van der Waals surface area contributed by atoms with Gasteiger partial charge in [-0.05, 0) is 49.1 Å². The Morgan fingerprint density at radius 1 is 0.911 bits per heavy atom. The fourth-order valence-electron chi connectivity index (χ4n) is 5.75. The van der Waals surface area contributed by atoms with Crippen molar-refractivity contribution in [1.82, 2.24) is 24.4 Å². The van der Waals surface area contributed by atoms with Crippen LogP contribution < -0.4 is 5.56 Å². The van der Waals surface area contributed by atoms with Crippen LogP contribution in [0.5, 0.6) is 0 Å². The lowest BCUT2D eigenvalue weighted by atomic mass is 10.0. The smallest absolute Gasteiger partial charge is 0.261 e. The number of ether oxygens (including phenoxy) is 2. The van der Waals surface area contributed by atoms with E-state index in [1.54, 1.807) is 48.8 Å². The number of thioether (sulfide) groups is 1. The molecule has 2 aromatic carbocycles. The van der Waals surface area contributed by atoms with E-state index >= 15 is 0 Å². The predicted octanol–water partition coefficient (Wildman–Crippen LogP) is 5.24. The number of carbonyl (C=O) groups is 2. The van der Waals surface area contributed by atoms with Gasteiger partial charge in [0.2, 0.25) is 0 Å². The van der Waals surface area contributed by atoms with E-state index in [0.717, 1.165) is 16.8 Å². The lowest BCUT2D eigenvalue weighted by Crippen LogP contribution is -2.50. The Bertz CT molecular complexity index is 2030. The van der Waals surface area contributed by atoms with Gasteiger partial charge in [0.05, 0.1) is 42.6 Å². The number of rotatable bonds is 6. The van der Waals surface area contributed by atoms with Crippen LogP contribution in [0.2, 0.25) is 5.02 Å². The highest BCUT2D eigenvalue weighted by atomic mass is 35.5. The van der Waals surface area contributed by atoms with Gasteiger partial charge in [-0.3, -0.25) is 28.8 Å². The molecule has 0 saturated carbocycles. The normalized spacial score (nSPS) is 18.1. The van der Waals surface area contributed by atoms with Crippen LogP contribution in [0.25, 0.3) is 33.4 Å². The molecule has 2 aliphatic rings. The Balaban J connectivity index is 1.19. The van der Waals surface area contributed by atoms with Gasteiger partial charge in [0.1, 0.15) is 5.65 Å². The third-order valence-corrected chi connectivity index (χ3v) is 8.88. The largest absolute Gasteiger partial charge is 0.348 e. The summed E-state index contributed by atoms with van der Waals surface area (Å²) >= 11 is 8.16. The minimum absolute atomic E-state index is 0.0195. The van der Waals surface area contributed by atoms with Gasteiger partial charge in [0.15, 0.2) is 11.4 Å². The molecule has 45 heavy (non-hydrogen) atoms. The molecule has 5 aromatic rings. The number of fused-ring (bicyclic) bond motifs is 2. The van der Waals surface area contributed by atoms with Gasteiger partial charge < -0.3 is 9.47 Å². The van der Waals surface area contributed by atoms with Gasteiger partial charge >= 0.3 is 0 Å². The molecule has 0 atom stereocenters. The summed E-state index contributed by atoms with van der Waals surface area (Å²) in [7, 11) is 0. The average molecular weight is 640 g/mol. The first-order chi connectivity index (χ1) is 21.8. The molecule has 12 heteroatoms. The minimum atomic E-state index is -0.828. The van der Waals surface area contributed by atoms with E-state index in [9.17, 15) is 14.4 Å². The van der Waals surface area contributed by atoms with Crippen molar-refractivity contribution >= 4 is 46.2 Å². The fraction of sp³-hybridized carbons (Fsp3) is 0.212. The number of halogens is 1. The number of benzene rings is 2. The van der Waals surface area contributed by atoms with Crippen molar-refractivity contribution < 1.29 is 19.1 Å². The highest BCUT2D eigenvalue weighted by Crippen LogP contribution is 2.33. The maximum absolute atomic E-state index is 14.1. The second-order valence-electron chi connectivity index (χ2n) is 10.7. The number of nitrogens with zero attached hydrogens (tertiary/aromatic N) is 5. The van der Waals surface area contributed by atoms with Crippen molar-refractivity contribution in [2.45, 2.75) is 31.0 Å². The highest BCUT2D eigenvalue weighted by molar-refractivity contribution is 7.98. The summed E-state index contributed by atoms with van der Waals surface area (Å²) in [6.07, 6.45) is 4.43. The Morgan fingerprint density at radius 3 is 2.31 bits per heavy atom. The number of hydrogen-bond acceptors (Lipinski definition) is 9. The number of amides is 2. The number of pyridine rings is 2. The fourth-order valence-corrected chi connectivity index (χ4v) is 6.37. The molecule has 0 radical (unpaired) electrons. The number of aryl methyl sites for hydroxylation is 1. The number of carbonyl (C=O) groups excluding carboxylic acids is 2. The van der Waals surface area contributed by atoms with E-state index < -0.39 is 12.3 Å². The quantitative estimate of drug-likeness (QED) is 0.140. The zero-order valence-electron chi connectivity index (χ0n) is 24.3. The van der Waals surface area contributed by atoms with E-state index in [1.807, 2.05) is 37.4 Å². The summed E-state index contributed by atoms with van der Waals surface area (Å²) in [5, 5.41) is 1.55. The lowest BCUT2D eigenvalue weighted by Gasteiger charge is -2.34. The van der Waals surface area contributed by atoms with E-state index in [0.29, 0.717) is 43.5 Å².